The molecule has 1 heterocycles. The molecular formula is C12H17N3O2. The molecule has 1 N–H and O–H groups in total. The van der Waals surface area contributed by atoms with Gasteiger partial charge in [-0.3, -0.25) is 4.79 Å². The number of amides is 1. The molecule has 2 rings (SSSR count). The minimum absolute atomic E-state index is 0.0139. The van der Waals surface area contributed by atoms with Crippen LogP contribution in [0, 0.1) is 6.92 Å². The zero-order valence-electron chi connectivity index (χ0n) is 9.98. The molecule has 0 unspecified atom stereocenters. The van der Waals surface area contributed by atoms with Crippen molar-refractivity contribution in [3.05, 3.63) is 18.0 Å². The van der Waals surface area contributed by atoms with E-state index in [1.54, 1.807) is 12.3 Å². The summed E-state index contributed by atoms with van der Waals surface area (Å²) in [5.41, 5.74) is 0.825. The third-order valence-electron chi connectivity index (χ3n) is 2.83. The molecule has 5 heteroatoms. The summed E-state index contributed by atoms with van der Waals surface area (Å²) in [7, 11) is 0. The van der Waals surface area contributed by atoms with Gasteiger partial charge in [-0.15, -0.1) is 0 Å². The van der Waals surface area contributed by atoms with Crippen molar-refractivity contribution in [2.45, 2.75) is 38.6 Å². The fourth-order valence-electron chi connectivity index (χ4n) is 1.97. The van der Waals surface area contributed by atoms with Crippen LogP contribution in [0.3, 0.4) is 0 Å². The van der Waals surface area contributed by atoms with Crippen LogP contribution in [-0.2, 0) is 4.79 Å². The Bertz CT molecular complexity index is 389. The molecule has 0 aliphatic heterocycles. The Hall–Kier alpha value is -1.65. The summed E-state index contributed by atoms with van der Waals surface area (Å²) in [6.07, 6.45) is 6.17. The van der Waals surface area contributed by atoms with Gasteiger partial charge in [0, 0.05) is 17.9 Å². The van der Waals surface area contributed by atoms with Gasteiger partial charge in [-0.2, -0.15) is 0 Å². The molecule has 1 aliphatic rings. The van der Waals surface area contributed by atoms with E-state index >= 15 is 0 Å². The first kappa shape index (κ1) is 11.8. The number of aromatic nitrogens is 2. The molecule has 1 amide bonds. The maximum Gasteiger partial charge on any atom is 0.317 e. The Balaban J connectivity index is 1.75. The highest BCUT2D eigenvalue weighted by Gasteiger charge is 2.17. The summed E-state index contributed by atoms with van der Waals surface area (Å²) >= 11 is 0. The van der Waals surface area contributed by atoms with Crippen LogP contribution in [-0.4, -0.2) is 28.5 Å². The fraction of sp³-hybridized carbons (Fsp3) is 0.583. The predicted octanol–water partition coefficient (Wildman–Crippen LogP) is 1.22. The molecule has 1 saturated carbocycles. The van der Waals surface area contributed by atoms with Gasteiger partial charge in [0.25, 0.3) is 5.91 Å². The van der Waals surface area contributed by atoms with Crippen LogP contribution in [0.15, 0.2) is 12.3 Å². The van der Waals surface area contributed by atoms with Gasteiger partial charge in [-0.1, -0.05) is 12.8 Å². The molecule has 1 aromatic heterocycles. The molecule has 17 heavy (non-hydrogen) atoms. The number of rotatable bonds is 4. The number of carbonyl (C=O) groups excluding carboxylic acids is 1. The number of nitrogens with one attached hydrogen (secondary N) is 1. The van der Waals surface area contributed by atoms with Gasteiger partial charge in [0.05, 0.1) is 0 Å². The summed E-state index contributed by atoms with van der Waals surface area (Å²) in [6.45, 7) is 1.84. The van der Waals surface area contributed by atoms with Crippen molar-refractivity contribution in [1.82, 2.24) is 15.3 Å². The van der Waals surface area contributed by atoms with Crippen molar-refractivity contribution in [2.75, 3.05) is 6.61 Å². The first-order valence-corrected chi connectivity index (χ1v) is 5.96. The summed E-state index contributed by atoms with van der Waals surface area (Å²) in [4.78, 5) is 19.6. The molecule has 1 aromatic rings. The van der Waals surface area contributed by atoms with Gasteiger partial charge in [0.1, 0.15) is 0 Å². The van der Waals surface area contributed by atoms with E-state index in [9.17, 15) is 4.79 Å². The molecular weight excluding hydrogens is 218 g/mol. The minimum atomic E-state index is -0.0954. The summed E-state index contributed by atoms with van der Waals surface area (Å²) in [5.74, 6) is -0.0954. The number of hydrogen-bond donors (Lipinski definition) is 1. The van der Waals surface area contributed by atoms with Crippen LogP contribution in [0.2, 0.25) is 0 Å². The minimum Gasteiger partial charge on any atom is -0.453 e. The van der Waals surface area contributed by atoms with Gasteiger partial charge >= 0.3 is 6.01 Å². The van der Waals surface area contributed by atoms with Crippen LogP contribution in [0.5, 0.6) is 6.01 Å². The molecule has 1 fully saturated rings. The van der Waals surface area contributed by atoms with Crippen molar-refractivity contribution >= 4 is 5.91 Å². The van der Waals surface area contributed by atoms with Crippen molar-refractivity contribution in [3.8, 4) is 6.01 Å². The Morgan fingerprint density at radius 3 is 3.00 bits per heavy atom. The van der Waals surface area contributed by atoms with Crippen LogP contribution < -0.4 is 10.1 Å². The maximum absolute atomic E-state index is 11.6. The summed E-state index contributed by atoms with van der Waals surface area (Å²) in [6, 6.07) is 2.36. The Morgan fingerprint density at radius 1 is 1.53 bits per heavy atom. The largest absolute Gasteiger partial charge is 0.453 e. The lowest BCUT2D eigenvalue weighted by Crippen LogP contribution is -2.36. The molecule has 92 valence electrons. The summed E-state index contributed by atoms with van der Waals surface area (Å²) in [5, 5.41) is 2.94. The highest BCUT2D eigenvalue weighted by atomic mass is 16.5. The third-order valence-corrected chi connectivity index (χ3v) is 2.83. The highest BCUT2D eigenvalue weighted by Crippen LogP contribution is 2.17. The van der Waals surface area contributed by atoms with E-state index in [0.717, 1.165) is 18.5 Å². The van der Waals surface area contributed by atoms with E-state index in [4.69, 9.17) is 4.74 Å². The quantitative estimate of drug-likeness (QED) is 0.852. The fourth-order valence-corrected chi connectivity index (χ4v) is 1.97. The van der Waals surface area contributed by atoms with E-state index < -0.39 is 0 Å². The maximum atomic E-state index is 11.6. The molecule has 0 radical (unpaired) electrons. The average molecular weight is 235 g/mol. The van der Waals surface area contributed by atoms with Crippen molar-refractivity contribution in [3.63, 3.8) is 0 Å². The lowest BCUT2D eigenvalue weighted by atomic mass is 10.2. The van der Waals surface area contributed by atoms with Gasteiger partial charge < -0.3 is 10.1 Å². The predicted molar refractivity (Wildman–Crippen MR) is 62.7 cm³/mol. The second-order valence-electron chi connectivity index (χ2n) is 4.32. The Morgan fingerprint density at radius 2 is 2.29 bits per heavy atom. The number of aryl methyl sites for hydroxylation is 1. The van der Waals surface area contributed by atoms with Crippen LogP contribution >= 0.6 is 0 Å². The standard InChI is InChI=1S/C12H17N3O2/c1-9-6-7-13-12(14-9)17-8-11(16)15-10-4-2-3-5-10/h6-7,10H,2-5,8H2,1H3,(H,15,16). The topological polar surface area (TPSA) is 64.1 Å². The van der Waals surface area contributed by atoms with Crippen molar-refractivity contribution in [1.29, 1.82) is 0 Å². The van der Waals surface area contributed by atoms with Gasteiger partial charge in [-0.25, -0.2) is 9.97 Å². The first-order valence-electron chi connectivity index (χ1n) is 5.96. The van der Waals surface area contributed by atoms with Crippen LogP contribution in [0.1, 0.15) is 31.4 Å². The smallest absolute Gasteiger partial charge is 0.317 e. The van der Waals surface area contributed by atoms with Gasteiger partial charge in [-0.05, 0) is 25.8 Å². The monoisotopic (exact) mass is 235 g/mol. The van der Waals surface area contributed by atoms with Gasteiger partial charge in [0.2, 0.25) is 0 Å². The summed E-state index contributed by atoms with van der Waals surface area (Å²) < 4.78 is 5.22. The van der Waals surface area contributed by atoms with Crippen molar-refractivity contribution in [2.24, 2.45) is 0 Å². The molecule has 0 aromatic carbocycles. The second kappa shape index (κ2) is 5.61. The average Bonchev–Trinajstić information content (AvgIpc) is 2.79. The SMILES string of the molecule is Cc1ccnc(OCC(=O)NC2CCCC2)n1. The zero-order valence-corrected chi connectivity index (χ0v) is 9.98. The second-order valence-corrected chi connectivity index (χ2v) is 4.32. The van der Waals surface area contributed by atoms with Gasteiger partial charge in [0.15, 0.2) is 6.61 Å². The number of carbonyl (C=O) groups is 1. The van der Waals surface area contributed by atoms with E-state index in [-0.39, 0.29) is 18.5 Å². The van der Waals surface area contributed by atoms with Crippen LogP contribution in [0.4, 0.5) is 0 Å². The van der Waals surface area contributed by atoms with Crippen LogP contribution in [0.25, 0.3) is 0 Å². The molecule has 0 bridgehead atoms. The highest BCUT2D eigenvalue weighted by molar-refractivity contribution is 5.77. The number of nitrogens with zero attached hydrogens (tertiary/aromatic N) is 2. The van der Waals surface area contributed by atoms with E-state index in [1.165, 1.54) is 12.8 Å². The molecule has 1 aliphatic carbocycles. The molecule has 0 spiro atoms. The normalized spacial score (nSPS) is 15.8. The molecule has 0 atom stereocenters. The third kappa shape index (κ3) is 3.69. The van der Waals surface area contributed by atoms with E-state index in [0.29, 0.717) is 6.04 Å². The number of ether oxygens (including phenoxy) is 1. The lowest BCUT2D eigenvalue weighted by molar-refractivity contribution is -0.123. The zero-order chi connectivity index (χ0) is 12.1. The molecule has 5 nitrogen and oxygen atoms in total. The van der Waals surface area contributed by atoms with E-state index in [1.807, 2.05) is 6.92 Å². The molecule has 0 saturated heterocycles. The lowest BCUT2D eigenvalue weighted by Gasteiger charge is -2.11. The Labute approximate surface area is 101 Å². The number of hydrogen-bond acceptors (Lipinski definition) is 4. The van der Waals surface area contributed by atoms with E-state index in [2.05, 4.69) is 15.3 Å². The Kier molecular flexibility index (Phi) is 3.90. The van der Waals surface area contributed by atoms with Crippen molar-refractivity contribution < 1.29 is 9.53 Å². The first-order chi connectivity index (χ1) is 8.24.